The normalized spacial score (nSPS) is 21.7. The van der Waals surface area contributed by atoms with Crippen LogP contribution in [0.25, 0.3) is 0 Å². The van der Waals surface area contributed by atoms with E-state index >= 15 is 0 Å². The van der Waals surface area contributed by atoms with E-state index in [4.69, 9.17) is 33.0 Å². The average Bonchev–Trinajstić information content (AvgIpc) is 3.00. The number of halogens is 3. The first-order valence-corrected chi connectivity index (χ1v) is 9.76. The number of hydrogen-bond donors (Lipinski definition) is 0. The van der Waals surface area contributed by atoms with Crippen LogP contribution in [0.2, 0.25) is 10.0 Å². The molecule has 130 valence electrons. The number of rotatable bonds is 2. The first-order chi connectivity index (χ1) is 11.9. The van der Waals surface area contributed by atoms with Crippen molar-refractivity contribution in [2.75, 3.05) is 0 Å². The highest BCUT2D eigenvalue weighted by Gasteiger charge is 2.42. The molecule has 2 aromatic rings. The molecule has 2 unspecified atom stereocenters. The Kier molecular flexibility index (Phi) is 4.47. The van der Waals surface area contributed by atoms with Crippen molar-refractivity contribution in [3.63, 3.8) is 0 Å². The molecule has 2 atom stereocenters. The fourth-order valence-corrected chi connectivity index (χ4v) is 4.22. The highest BCUT2D eigenvalue weighted by atomic mass is 79.9. The Hall–Kier alpha value is -1.23. The van der Waals surface area contributed by atoms with Crippen molar-refractivity contribution in [1.29, 1.82) is 0 Å². The van der Waals surface area contributed by atoms with E-state index in [2.05, 4.69) is 46.9 Å². The van der Waals surface area contributed by atoms with Crippen LogP contribution in [0.4, 0.5) is 0 Å². The molecule has 2 aromatic carbocycles. The maximum absolute atomic E-state index is 6.41. The summed E-state index contributed by atoms with van der Waals surface area (Å²) in [5.41, 5.74) is 3.18. The van der Waals surface area contributed by atoms with Crippen molar-refractivity contribution in [2.45, 2.75) is 32.5 Å². The molecule has 25 heavy (non-hydrogen) atoms. The van der Waals surface area contributed by atoms with E-state index in [1.807, 2.05) is 18.2 Å². The molecule has 0 N–H and O–H groups in total. The molecule has 0 radical (unpaired) electrons. The second-order valence-electron chi connectivity index (χ2n) is 6.71. The van der Waals surface area contributed by atoms with Crippen molar-refractivity contribution in [3.8, 4) is 5.75 Å². The molecular weight excluding hydrogens is 423 g/mol. The Labute approximate surface area is 165 Å². The third-order valence-electron chi connectivity index (χ3n) is 4.59. The van der Waals surface area contributed by atoms with Gasteiger partial charge in [0.05, 0.1) is 16.8 Å². The lowest BCUT2D eigenvalue weighted by Crippen LogP contribution is -2.43. The Balaban J connectivity index is 1.78. The zero-order valence-electron chi connectivity index (χ0n) is 13.8. The van der Waals surface area contributed by atoms with Gasteiger partial charge in [0.1, 0.15) is 5.75 Å². The highest BCUT2D eigenvalue weighted by molar-refractivity contribution is 9.10. The van der Waals surface area contributed by atoms with Crippen LogP contribution in [0.3, 0.4) is 0 Å². The van der Waals surface area contributed by atoms with Crippen molar-refractivity contribution >= 4 is 44.8 Å². The van der Waals surface area contributed by atoms with Crippen LogP contribution in [0, 0.1) is 5.92 Å². The number of fused-ring (bicyclic) bond motifs is 3. The average molecular weight is 440 g/mol. The third-order valence-corrected chi connectivity index (χ3v) is 5.61. The lowest BCUT2D eigenvalue weighted by molar-refractivity contribution is -0.0460. The molecule has 6 heteroatoms. The smallest absolute Gasteiger partial charge is 0.190 e. The zero-order valence-corrected chi connectivity index (χ0v) is 16.9. The fraction of sp³-hybridized carbons (Fsp3) is 0.316. The predicted molar refractivity (Wildman–Crippen MR) is 106 cm³/mol. The van der Waals surface area contributed by atoms with E-state index in [9.17, 15) is 0 Å². The van der Waals surface area contributed by atoms with E-state index in [0.29, 0.717) is 10.0 Å². The van der Waals surface area contributed by atoms with Gasteiger partial charge >= 0.3 is 0 Å². The number of nitrogens with zero attached hydrogens (tertiary/aromatic N) is 2. The molecule has 4 rings (SSSR count). The lowest BCUT2D eigenvalue weighted by atomic mass is 9.95. The van der Waals surface area contributed by atoms with Gasteiger partial charge in [0.15, 0.2) is 6.23 Å². The van der Waals surface area contributed by atoms with Crippen LogP contribution >= 0.6 is 39.1 Å². The first kappa shape index (κ1) is 17.2. The van der Waals surface area contributed by atoms with E-state index in [-0.39, 0.29) is 18.2 Å². The summed E-state index contributed by atoms with van der Waals surface area (Å²) < 4.78 is 7.27. The quantitative estimate of drug-likeness (QED) is 0.549. The van der Waals surface area contributed by atoms with Crippen LogP contribution in [-0.4, -0.2) is 16.9 Å². The summed E-state index contributed by atoms with van der Waals surface area (Å²) >= 11 is 16.1. The van der Waals surface area contributed by atoms with Gasteiger partial charge < -0.3 is 4.74 Å². The molecule has 0 bridgehead atoms. The predicted octanol–water partition coefficient (Wildman–Crippen LogP) is 6.28. The minimum absolute atomic E-state index is 0.0889. The Morgan fingerprint density at radius 1 is 1.20 bits per heavy atom. The minimum atomic E-state index is -0.149. The van der Waals surface area contributed by atoms with Gasteiger partial charge in [-0.15, -0.1) is 0 Å². The van der Waals surface area contributed by atoms with Gasteiger partial charge in [0, 0.05) is 27.4 Å². The summed E-state index contributed by atoms with van der Waals surface area (Å²) in [4.78, 5) is 0. The molecule has 0 spiro atoms. The van der Waals surface area contributed by atoms with E-state index in [1.54, 1.807) is 6.07 Å². The zero-order chi connectivity index (χ0) is 17.7. The summed E-state index contributed by atoms with van der Waals surface area (Å²) in [7, 11) is 0. The summed E-state index contributed by atoms with van der Waals surface area (Å²) in [6.07, 6.45) is 0.654. The van der Waals surface area contributed by atoms with Crippen LogP contribution in [0.5, 0.6) is 5.75 Å². The standard InChI is InChI=1S/C19H17BrCl2N2O/c1-10(2)19-24-17(14-7-13(21)8-15(22)18(14)25-19)9-16(23-24)11-3-5-12(20)6-4-11/h3-8,10,17,19H,9H2,1-2H3. The van der Waals surface area contributed by atoms with Crippen molar-refractivity contribution < 1.29 is 4.74 Å². The van der Waals surface area contributed by atoms with Crippen LogP contribution in [0.1, 0.15) is 37.4 Å². The summed E-state index contributed by atoms with van der Waals surface area (Å²) in [6.45, 7) is 4.26. The SMILES string of the molecule is CC(C)C1Oc2c(Cl)cc(Cl)cc2C2CC(c3ccc(Br)cc3)=NN21. The first-order valence-electron chi connectivity index (χ1n) is 8.21. The molecule has 0 aliphatic carbocycles. The molecule has 2 aliphatic rings. The Morgan fingerprint density at radius 3 is 2.60 bits per heavy atom. The van der Waals surface area contributed by atoms with Gasteiger partial charge in [0.2, 0.25) is 0 Å². The Morgan fingerprint density at radius 2 is 1.92 bits per heavy atom. The van der Waals surface area contributed by atoms with E-state index in [1.165, 1.54) is 0 Å². The molecule has 0 saturated carbocycles. The second kappa shape index (κ2) is 6.49. The van der Waals surface area contributed by atoms with Gasteiger partial charge in [-0.05, 0) is 29.8 Å². The van der Waals surface area contributed by atoms with Crippen LogP contribution < -0.4 is 4.74 Å². The van der Waals surface area contributed by atoms with Crippen LogP contribution in [0.15, 0.2) is 46.0 Å². The molecule has 0 amide bonds. The second-order valence-corrected chi connectivity index (χ2v) is 8.47. The fourth-order valence-electron chi connectivity index (χ4n) is 3.40. The maximum atomic E-state index is 6.41. The largest absolute Gasteiger partial charge is 0.467 e. The van der Waals surface area contributed by atoms with Gasteiger partial charge in [-0.25, -0.2) is 5.01 Å². The van der Waals surface area contributed by atoms with Crippen molar-refractivity contribution in [1.82, 2.24) is 5.01 Å². The summed E-state index contributed by atoms with van der Waals surface area (Å²) in [6, 6.07) is 12.0. The van der Waals surface area contributed by atoms with Crippen LogP contribution in [-0.2, 0) is 0 Å². The monoisotopic (exact) mass is 438 g/mol. The van der Waals surface area contributed by atoms with E-state index in [0.717, 1.165) is 33.5 Å². The number of hydrogen-bond acceptors (Lipinski definition) is 3. The molecule has 3 nitrogen and oxygen atoms in total. The van der Waals surface area contributed by atoms with E-state index < -0.39 is 0 Å². The van der Waals surface area contributed by atoms with Gasteiger partial charge in [0.25, 0.3) is 0 Å². The molecule has 0 aromatic heterocycles. The molecule has 2 heterocycles. The molecule has 2 aliphatic heterocycles. The van der Waals surface area contributed by atoms with Gasteiger partial charge in [-0.1, -0.05) is 65.1 Å². The Bertz CT molecular complexity index is 851. The molecule has 0 fully saturated rings. The molecule has 0 saturated heterocycles. The lowest BCUT2D eigenvalue weighted by Gasteiger charge is -2.40. The summed E-state index contributed by atoms with van der Waals surface area (Å²) in [5, 5.41) is 8.14. The highest BCUT2D eigenvalue weighted by Crippen LogP contribution is 2.48. The number of benzene rings is 2. The topological polar surface area (TPSA) is 24.8 Å². The third kappa shape index (κ3) is 3.05. The maximum Gasteiger partial charge on any atom is 0.190 e. The minimum Gasteiger partial charge on any atom is -0.467 e. The van der Waals surface area contributed by atoms with Crippen molar-refractivity contribution in [3.05, 3.63) is 62.0 Å². The summed E-state index contributed by atoms with van der Waals surface area (Å²) in [5.74, 6) is 1.01. The van der Waals surface area contributed by atoms with Gasteiger partial charge in [-0.3, -0.25) is 0 Å². The molecular formula is C19H17BrCl2N2O. The van der Waals surface area contributed by atoms with Gasteiger partial charge in [-0.2, -0.15) is 5.10 Å². The number of ether oxygens (including phenoxy) is 1. The van der Waals surface area contributed by atoms with Crippen molar-refractivity contribution in [2.24, 2.45) is 11.0 Å². The number of hydrazone groups is 1.